The van der Waals surface area contributed by atoms with Gasteiger partial charge in [0.1, 0.15) is 5.69 Å². The maximum atomic E-state index is 13.6. The molecule has 0 radical (unpaired) electrons. The summed E-state index contributed by atoms with van der Waals surface area (Å²) >= 11 is 6.04. The van der Waals surface area contributed by atoms with Crippen LogP contribution in [0.5, 0.6) is 5.88 Å². The highest BCUT2D eigenvalue weighted by Gasteiger charge is 2.32. The normalized spacial score (nSPS) is 11.7. The van der Waals surface area contributed by atoms with Crippen molar-refractivity contribution in [2.24, 2.45) is 7.05 Å². The summed E-state index contributed by atoms with van der Waals surface area (Å²) in [5, 5.41) is 13.0. The Morgan fingerprint density at radius 3 is 2.29 bits per heavy atom. The molecule has 38 heavy (non-hydrogen) atoms. The Morgan fingerprint density at radius 1 is 0.974 bits per heavy atom. The van der Waals surface area contributed by atoms with Crippen molar-refractivity contribution < 1.29 is 17.9 Å². The van der Waals surface area contributed by atoms with Gasteiger partial charge in [-0.3, -0.25) is 9.78 Å². The van der Waals surface area contributed by atoms with E-state index >= 15 is 0 Å². The van der Waals surface area contributed by atoms with Gasteiger partial charge in [-0.25, -0.2) is 14.2 Å². The zero-order chi connectivity index (χ0) is 27.2. The first-order chi connectivity index (χ1) is 18.1. The molecule has 1 aromatic carbocycles. The maximum Gasteiger partial charge on any atom is 0.433 e. The molecule has 0 aliphatic heterocycles. The molecule has 4 heterocycles. The van der Waals surface area contributed by atoms with Crippen molar-refractivity contribution >= 4 is 17.2 Å². The second-order valence-electron chi connectivity index (χ2n) is 8.17. The molecular weight excluding hydrogens is 527 g/mol. The van der Waals surface area contributed by atoms with Crippen LogP contribution in [-0.4, -0.2) is 41.3 Å². The Labute approximate surface area is 216 Å². The van der Waals surface area contributed by atoms with Gasteiger partial charge in [0.25, 0.3) is 5.56 Å². The molecule has 0 atom stereocenters. The molecule has 0 amide bonds. The fourth-order valence-electron chi connectivity index (χ4n) is 3.95. The van der Waals surface area contributed by atoms with Crippen molar-refractivity contribution in [1.29, 1.82) is 0 Å². The van der Waals surface area contributed by atoms with Crippen LogP contribution in [0.3, 0.4) is 0 Å². The van der Waals surface area contributed by atoms with E-state index in [0.29, 0.717) is 16.1 Å². The molecule has 0 spiro atoms. The van der Waals surface area contributed by atoms with E-state index in [0.717, 1.165) is 26.1 Å². The third-order valence-corrected chi connectivity index (χ3v) is 6.04. The molecule has 0 aliphatic carbocycles. The van der Waals surface area contributed by atoms with Gasteiger partial charge in [-0.15, -0.1) is 15.3 Å². The lowest BCUT2D eigenvalue weighted by Crippen LogP contribution is -2.33. The van der Waals surface area contributed by atoms with E-state index in [1.54, 1.807) is 36.4 Å². The highest BCUT2D eigenvalue weighted by atomic mass is 35.5. The SMILES string of the molecule is COc1ccc(-c2c(-c3ccc(Cl)cc3)c(=O)n(C)n3c(=O)n(Cc4ccc(C(F)(F)F)nc4)nc23)nn1. The van der Waals surface area contributed by atoms with Crippen molar-refractivity contribution in [2.45, 2.75) is 12.7 Å². The van der Waals surface area contributed by atoms with Crippen molar-refractivity contribution in [3.63, 3.8) is 0 Å². The zero-order valence-electron chi connectivity index (χ0n) is 19.8. The van der Waals surface area contributed by atoms with Gasteiger partial charge in [-0.1, -0.05) is 29.8 Å². The van der Waals surface area contributed by atoms with E-state index in [1.807, 2.05) is 0 Å². The van der Waals surface area contributed by atoms with Crippen molar-refractivity contribution in [3.05, 3.63) is 91.8 Å². The minimum atomic E-state index is -4.59. The van der Waals surface area contributed by atoms with Crippen LogP contribution in [0.25, 0.3) is 28.0 Å². The van der Waals surface area contributed by atoms with Gasteiger partial charge in [0, 0.05) is 24.3 Å². The quantitative estimate of drug-likeness (QED) is 0.334. The van der Waals surface area contributed by atoms with E-state index in [2.05, 4.69) is 20.3 Å². The molecule has 0 fully saturated rings. The summed E-state index contributed by atoms with van der Waals surface area (Å²) < 4.78 is 47.0. The van der Waals surface area contributed by atoms with E-state index in [9.17, 15) is 22.8 Å². The number of pyridine rings is 1. The number of hydrogen-bond acceptors (Lipinski definition) is 7. The minimum absolute atomic E-state index is 0.0846. The standard InChI is InChI=1S/C24H17ClF3N7O3/c1-33-22(36)19(14-4-6-15(25)7-5-14)20(16-8-10-18(38-2)31-30-16)21-32-34(23(37)35(21)33)12-13-3-9-17(29-11-13)24(26,27)28/h3-11H,12H2,1-2H3. The number of ether oxygens (including phenoxy) is 1. The average Bonchev–Trinajstić information content (AvgIpc) is 3.22. The molecule has 0 bridgehead atoms. The van der Waals surface area contributed by atoms with Gasteiger partial charge in [0.15, 0.2) is 5.65 Å². The van der Waals surface area contributed by atoms with Gasteiger partial charge < -0.3 is 4.74 Å². The second-order valence-corrected chi connectivity index (χ2v) is 8.61. The lowest BCUT2D eigenvalue weighted by atomic mass is 10.00. The van der Waals surface area contributed by atoms with E-state index in [1.165, 1.54) is 20.2 Å². The lowest BCUT2D eigenvalue weighted by molar-refractivity contribution is -0.141. The summed E-state index contributed by atoms with van der Waals surface area (Å²) in [7, 11) is 2.84. The zero-order valence-corrected chi connectivity index (χ0v) is 20.5. The van der Waals surface area contributed by atoms with Crippen LogP contribution < -0.4 is 16.0 Å². The first-order valence-electron chi connectivity index (χ1n) is 11.0. The number of benzene rings is 1. The summed E-state index contributed by atoms with van der Waals surface area (Å²) in [4.78, 5) is 30.4. The molecule has 0 aliphatic rings. The van der Waals surface area contributed by atoms with Crippen LogP contribution in [-0.2, 0) is 19.8 Å². The fraction of sp³-hybridized carbons (Fsp3) is 0.167. The molecule has 5 rings (SSSR count). The third kappa shape index (κ3) is 4.41. The highest BCUT2D eigenvalue weighted by molar-refractivity contribution is 6.30. The Morgan fingerprint density at radius 2 is 1.71 bits per heavy atom. The monoisotopic (exact) mass is 543 g/mol. The van der Waals surface area contributed by atoms with Gasteiger partial charge in [-0.2, -0.15) is 17.7 Å². The number of nitrogens with zero attached hydrogens (tertiary/aromatic N) is 7. The largest absolute Gasteiger partial charge is 0.480 e. The predicted octanol–water partition coefficient (Wildman–Crippen LogP) is 3.44. The molecule has 194 valence electrons. The minimum Gasteiger partial charge on any atom is -0.480 e. The number of methoxy groups -OCH3 is 1. The summed E-state index contributed by atoms with van der Waals surface area (Å²) in [5.74, 6) is 0.236. The Kier molecular flexibility index (Phi) is 6.23. The molecule has 0 saturated heterocycles. The fourth-order valence-corrected chi connectivity index (χ4v) is 4.07. The molecule has 0 N–H and O–H groups in total. The Bertz CT molecular complexity index is 1760. The molecule has 0 unspecified atom stereocenters. The maximum absolute atomic E-state index is 13.6. The molecule has 4 aromatic heterocycles. The molecular formula is C24H17ClF3N7O3. The number of halogens is 4. The van der Waals surface area contributed by atoms with Crippen molar-refractivity contribution in [1.82, 2.24) is 34.2 Å². The van der Waals surface area contributed by atoms with Gasteiger partial charge >= 0.3 is 11.9 Å². The lowest BCUT2D eigenvalue weighted by Gasteiger charge is -2.12. The number of hydrogen-bond donors (Lipinski definition) is 0. The van der Waals surface area contributed by atoms with Crippen molar-refractivity contribution in [3.8, 4) is 28.3 Å². The molecule has 5 aromatic rings. The van der Waals surface area contributed by atoms with Gasteiger partial charge in [0.05, 0.1) is 30.5 Å². The topological polar surface area (TPSA) is 109 Å². The molecule has 10 nitrogen and oxygen atoms in total. The van der Waals surface area contributed by atoms with E-state index in [4.69, 9.17) is 16.3 Å². The van der Waals surface area contributed by atoms with Gasteiger partial charge in [0.2, 0.25) is 5.88 Å². The van der Waals surface area contributed by atoms with E-state index < -0.39 is 23.1 Å². The van der Waals surface area contributed by atoms with Crippen LogP contribution >= 0.6 is 11.6 Å². The Hall–Kier alpha value is -4.52. The number of rotatable bonds is 5. The first-order valence-corrected chi connectivity index (χ1v) is 11.3. The summed E-state index contributed by atoms with van der Waals surface area (Å²) in [6.45, 7) is -0.191. The first kappa shape index (κ1) is 25.1. The summed E-state index contributed by atoms with van der Waals surface area (Å²) in [6.07, 6.45) is -3.57. The van der Waals surface area contributed by atoms with Crippen LogP contribution in [0, 0.1) is 0 Å². The molecule has 0 saturated carbocycles. The summed E-state index contributed by atoms with van der Waals surface area (Å²) in [5.41, 5.74) is -0.713. The molecule has 14 heteroatoms. The number of aryl methyl sites for hydroxylation is 1. The van der Waals surface area contributed by atoms with Gasteiger partial charge in [-0.05, 0) is 35.4 Å². The number of fused-ring (bicyclic) bond motifs is 1. The van der Waals surface area contributed by atoms with Crippen LogP contribution in [0.4, 0.5) is 13.2 Å². The van der Waals surface area contributed by atoms with E-state index in [-0.39, 0.29) is 34.9 Å². The Balaban J connectivity index is 1.75. The average molecular weight is 544 g/mol. The second kappa shape index (κ2) is 9.41. The summed E-state index contributed by atoms with van der Waals surface area (Å²) in [6, 6.07) is 11.7. The smallest absolute Gasteiger partial charge is 0.433 e. The third-order valence-electron chi connectivity index (χ3n) is 5.79. The van der Waals surface area contributed by atoms with Crippen molar-refractivity contribution in [2.75, 3.05) is 7.11 Å². The highest BCUT2D eigenvalue weighted by Crippen LogP contribution is 2.32. The van der Waals surface area contributed by atoms with Crippen LogP contribution in [0.1, 0.15) is 11.3 Å². The van der Waals surface area contributed by atoms with Crippen LogP contribution in [0.2, 0.25) is 5.02 Å². The predicted molar refractivity (Wildman–Crippen MR) is 131 cm³/mol. The number of aromatic nitrogens is 7. The number of alkyl halides is 3. The van der Waals surface area contributed by atoms with Crippen LogP contribution in [0.15, 0.2) is 64.3 Å².